The first-order valence-corrected chi connectivity index (χ1v) is 6.22. The fraction of sp³-hybridized carbons (Fsp3) is 0.200. The lowest BCUT2D eigenvalue weighted by Crippen LogP contribution is -2.21. The Labute approximate surface area is 108 Å². The van der Waals surface area contributed by atoms with Gasteiger partial charge in [-0.15, -0.1) is 0 Å². The molecule has 0 aliphatic rings. The second-order valence-corrected chi connectivity index (χ2v) is 4.42. The molecule has 0 spiro atoms. The lowest BCUT2D eigenvalue weighted by Gasteiger charge is -2.23. The zero-order valence-corrected chi connectivity index (χ0v) is 10.7. The van der Waals surface area contributed by atoms with Gasteiger partial charge in [0.25, 0.3) is 0 Å². The number of halogens is 1. The average molecular weight is 246 g/mol. The van der Waals surface area contributed by atoms with Crippen molar-refractivity contribution < 1.29 is 0 Å². The molecule has 2 aromatic rings. The largest absolute Gasteiger partial charge is 0.367 e. The molecule has 17 heavy (non-hydrogen) atoms. The quantitative estimate of drug-likeness (QED) is 0.773. The topological polar surface area (TPSA) is 3.24 Å². The Morgan fingerprint density at radius 3 is 2.41 bits per heavy atom. The highest BCUT2D eigenvalue weighted by molar-refractivity contribution is 6.30. The molecule has 0 aliphatic carbocycles. The maximum absolute atomic E-state index is 6.02. The summed E-state index contributed by atoms with van der Waals surface area (Å²) in [4.78, 5) is 2.31. The summed E-state index contributed by atoms with van der Waals surface area (Å²) >= 11 is 6.02. The van der Waals surface area contributed by atoms with Crippen molar-refractivity contribution in [2.24, 2.45) is 0 Å². The number of benzene rings is 2. The molecule has 0 radical (unpaired) electrons. The summed E-state index contributed by atoms with van der Waals surface area (Å²) in [7, 11) is 0. The van der Waals surface area contributed by atoms with Crippen LogP contribution in [0.4, 0.5) is 5.69 Å². The van der Waals surface area contributed by atoms with E-state index in [2.05, 4.69) is 42.2 Å². The first-order valence-electron chi connectivity index (χ1n) is 5.84. The number of hydrogen-bond acceptors (Lipinski definition) is 1. The Bertz CT molecular complexity index is 467. The van der Waals surface area contributed by atoms with E-state index in [-0.39, 0.29) is 0 Å². The van der Waals surface area contributed by atoms with Crippen LogP contribution in [-0.4, -0.2) is 6.54 Å². The molecule has 0 heterocycles. The molecule has 0 N–H and O–H groups in total. The number of nitrogens with zero attached hydrogens (tertiary/aromatic N) is 1. The molecule has 88 valence electrons. The van der Waals surface area contributed by atoms with Crippen LogP contribution < -0.4 is 4.90 Å². The summed E-state index contributed by atoms with van der Waals surface area (Å²) in [5.74, 6) is 0. The van der Waals surface area contributed by atoms with Crippen molar-refractivity contribution in [2.45, 2.75) is 13.5 Å². The fourth-order valence-corrected chi connectivity index (χ4v) is 2.05. The van der Waals surface area contributed by atoms with Gasteiger partial charge in [0.1, 0.15) is 0 Å². The molecule has 0 saturated heterocycles. The fourth-order valence-electron chi connectivity index (χ4n) is 1.86. The van der Waals surface area contributed by atoms with Crippen LogP contribution in [0.3, 0.4) is 0 Å². The van der Waals surface area contributed by atoms with Gasteiger partial charge in [-0.1, -0.05) is 48.0 Å². The SMILES string of the molecule is CCN(Cc1ccccc1)c1cccc(Cl)c1. The van der Waals surface area contributed by atoms with Gasteiger partial charge < -0.3 is 4.90 Å². The Morgan fingerprint density at radius 1 is 1.00 bits per heavy atom. The van der Waals surface area contributed by atoms with Crippen molar-refractivity contribution >= 4 is 17.3 Å². The molecular formula is C15H16ClN. The van der Waals surface area contributed by atoms with Gasteiger partial charge in [-0.25, -0.2) is 0 Å². The van der Waals surface area contributed by atoms with Crippen LogP contribution in [0.1, 0.15) is 12.5 Å². The minimum atomic E-state index is 0.786. The molecule has 0 saturated carbocycles. The maximum atomic E-state index is 6.02. The van der Waals surface area contributed by atoms with Crippen LogP contribution in [0.5, 0.6) is 0 Å². The van der Waals surface area contributed by atoms with Crippen molar-refractivity contribution in [3.8, 4) is 0 Å². The first-order chi connectivity index (χ1) is 8.29. The highest BCUT2D eigenvalue weighted by Crippen LogP contribution is 2.21. The Morgan fingerprint density at radius 2 is 1.76 bits per heavy atom. The van der Waals surface area contributed by atoms with Crippen LogP contribution in [-0.2, 0) is 6.54 Å². The van der Waals surface area contributed by atoms with E-state index >= 15 is 0 Å². The summed E-state index contributed by atoms with van der Waals surface area (Å²) in [6.07, 6.45) is 0. The average Bonchev–Trinajstić information content (AvgIpc) is 2.37. The van der Waals surface area contributed by atoms with Crippen LogP contribution in [0.15, 0.2) is 54.6 Å². The van der Waals surface area contributed by atoms with E-state index in [1.807, 2.05) is 24.3 Å². The molecule has 0 fully saturated rings. The predicted octanol–water partition coefficient (Wildman–Crippen LogP) is 4.37. The summed E-state index contributed by atoms with van der Waals surface area (Å²) in [6.45, 7) is 4.04. The summed E-state index contributed by atoms with van der Waals surface area (Å²) in [5.41, 5.74) is 2.48. The summed E-state index contributed by atoms with van der Waals surface area (Å²) in [5, 5.41) is 0.786. The lowest BCUT2D eigenvalue weighted by molar-refractivity contribution is 0.832. The van der Waals surface area contributed by atoms with Crippen LogP contribution in [0, 0.1) is 0 Å². The van der Waals surface area contributed by atoms with E-state index in [0.717, 1.165) is 18.1 Å². The van der Waals surface area contributed by atoms with E-state index in [9.17, 15) is 0 Å². The van der Waals surface area contributed by atoms with Crippen LogP contribution >= 0.6 is 11.6 Å². The van der Waals surface area contributed by atoms with Gasteiger partial charge in [0.15, 0.2) is 0 Å². The first kappa shape index (κ1) is 12.0. The van der Waals surface area contributed by atoms with Crippen molar-refractivity contribution in [1.82, 2.24) is 0 Å². The van der Waals surface area contributed by atoms with E-state index < -0.39 is 0 Å². The second kappa shape index (κ2) is 5.74. The number of rotatable bonds is 4. The molecule has 1 nitrogen and oxygen atoms in total. The molecule has 0 bridgehead atoms. The normalized spacial score (nSPS) is 10.2. The minimum Gasteiger partial charge on any atom is -0.367 e. The smallest absolute Gasteiger partial charge is 0.0429 e. The highest BCUT2D eigenvalue weighted by Gasteiger charge is 2.05. The predicted molar refractivity (Wildman–Crippen MR) is 74.6 cm³/mol. The Hall–Kier alpha value is -1.47. The molecule has 2 aromatic carbocycles. The van der Waals surface area contributed by atoms with Gasteiger partial charge in [0.05, 0.1) is 0 Å². The highest BCUT2D eigenvalue weighted by atomic mass is 35.5. The molecule has 2 heteroatoms. The number of hydrogen-bond donors (Lipinski definition) is 0. The monoisotopic (exact) mass is 245 g/mol. The van der Waals surface area contributed by atoms with Gasteiger partial charge in [0.2, 0.25) is 0 Å². The molecule has 0 atom stereocenters. The lowest BCUT2D eigenvalue weighted by atomic mass is 10.2. The molecule has 2 rings (SSSR count). The van der Waals surface area contributed by atoms with E-state index in [0.29, 0.717) is 0 Å². The standard InChI is InChI=1S/C15H16ClN/c1-2-17(12-13-7-4-3-5-8-13)15-10-6-9-14(16)11-15/h3-11H,2,12H2,1H3. The zero-order valence-electron chi connectivity index (χ0n) is 9.94. The number of anilines is 1. The third-order valence-electron chi connectivity index (χ3n) is 2.77. The van der Waals surface area contributed by atoms with Crippen molar-refractivity contribution in [3.05, 3.63) is 65.2 Å². The van der Waals surface area contributed by atoms with Crippen molar-refractivity contribution in [3.63, 3.8) is 0 Å². The Balaban J connectivity index is 2.17. The van der Waals surface area contributed by atoms with E-state index in [4.69, 9.17) is 11.6 Å². The van der Waals surface area contributed by atoms with Gasteiger partial charge in [-0.05, 0) is 30.7 Å². The molecular weight excluding hydrogens is 230 g/mol. The molecule has 0 amide bonds. The maximum Gasteiger partial charge on any atom is 0.0429 e. The second-order valence-electron chi connectivity index (χ2n) is 3.98. The third kappa shape index (κ3) is 3.24. The minimum absolute atomic E-state index is 0.786. The van der Waals surface area contributed by atoms with Crippen LogP contribution in [0.25, 0.3) is 0 Å². The van der Waals surface area contributed by atoms with Gasteiger partial charge in [-0.3, -0.25) is 0 Å². The molecule has 0 aromatic heterocycles. The third-order valence-corrected chi connectivity index (χ3v) is 3.01. The molecule has 0 unspecified atom stereocenters. The summed E-state index contributed by atoms with van der Waals surface area (Å²) < 4.78 is 0. The van der Waals surface area contributed by atoms with E-state index in [1.54, 1.807) is 0 Å². The van der Waals surface area contributed by atoms with Crippen molar-refractivity contribution in [2.75, 3.05) is 11.4 Å². The molecule has 0 aliphatic heterocycles. The summed E-state index contributed by atoms with van der Waals surface area (Å²) in [6, 6.07) is 18.5. The van der Waals surface area contributed by atoms with Gasteiger partial charge in [-0.2, -0.15) is 0 Å². The van der Waals surface area contributed by atoms with Gasteiger partial charge >= 0.3 is 0 Å². The van der Waals surface area contributed by atoms with Gasteiger partial charge in [0, 0.05) is 23.8 Å². The Kier molecular flexibility index (Phi) is 4.05. The zero-order chi connectivity index (χ0) is 12.1. The van der Waals surface area contributed by atoms with Crippen molar-refractivity contribution in [1.29, 1.82) is 0 Å². The van der Waals surface area contributed by atoms with Crippen LogP contribution in [0.2, 0.25) is 5.02 Å². The van der Waals surface area contributed by atoms with E-state index in [1.165, 1.54) is 11.3 Å².